The van der Waals surface area contributed by atoms with E-state index in [1.165, 1.54) is 0 Å². The fraction of sp³-hybridized carbons (Fsp3) is 0.462. The lowest BCUT2D eigenvalue weighted by molar-refractivity contribution is -0.121. The van der Waals surface area contributed by atoms with E-state index in [0.29, 0.717) is 17.9 Å². The number of carbonyl (C=O) groups is 1. The molecule has 0 unspecified atom stereocenters. The molecule has 3 nitrogen and oxygen atoms in total. The smallest absolute Gasteiger partial charge is 0.161 e. The molecule has 1 rings (SSSR count). The first-order valence-electron chi connectivity index (χ1n) is 5.42. The lowest BCUT2D eigenvalue weighted by atomic mass is 10.0. The van der Waals surface area contributed by atoms with Crippen LogP contribution in [0.3, 0.4) is 0 Å². The molecule has 4 heteroatoms. The van der Waals surface area contributed by atoms with Gasteiger partial charge in [-0.3, -0.25) is 4.79 Å². The molecule has 94 valence electrons. The van der Waals surface area contributed by atoms with Crippen molar-refractivity contribution in [3.8, 4) is 11.5 Å². The predicted octanol–water partition coefficient (Wildman–Crippen LogP) is 3.23. The summed E-state index contributed by atoms with van der Waals surface area (Å²) in [6, 6.07) is 3.66. The quantitative estimate of drug-likeness (QED) is 0.837. The molecule has 0 heterocycles. The van der Waals surface area contributed by atoms with Crippen LogP contribution in [-0.4, -0.2) is 20.0 Å². The molecule has 0 atom stereocenters. The van der Waals surface area contributed by atoms with Crippen LogP contribution in [0.5, 0.6) is 11.5 Å². The minimum absolute atomic E-state index is 0.0370. The molecule has 1 aromatic carbocycles. The number of benzene rings is 1. The average Bonchev–Trinajstić information content (AvgIpc) is 2.30. The van der Waals surface area contributed by atoms with Crippen molar-refractivity contribution < 1.29 is 14.3 Å². The van der Waals surface area contributed by atoms with Gasteiger partial charge in [-0.25, -0.2) is 0 Å². The van der Waals surface area contributed by atoms with Gasteiger partial charge in [0.2, 0.25) is 0 Å². The molecule has 0 aliphatic carbocycles. The Morgan fingerprint density at radius 3 is 2.24 bits per heavy atom. The van der Waals surface area contributed by atoms with E-state index in [-0.39, 0.29) is 11.7 Å². The van der Waals surface area contributed by atoms with E-state index in [0.717, 1.165) is 10.0 Å². The Morgan fingerprint density at radius 2 is 1.76 bits per heavy atom. The second kappa shape index (κ2) is 6.05. The number of hydrogen-bond donors (Lipinski definition) is 0. The molecule has 0 N–H and O–H groups in total. The van der Waals surface area contributed by atoms with Gasteiger partial charge >= 0.3 is 0 Å². The predicted molar refractivity (Wildman–Crippen MR) is 70.8 cm³/mol. The van der Waals surface area contributed by atoms with Gasteiger partial charge in [-0.15, -0.1) is 0 Å². The fourth-order valence-electron chi connectivity index (χ4n) is 1.42. The van der Waals surface area contributed by atoms with Gasteiger partial charge in [0.1, 0.15) is 5.78 Å². The summed E-state index contributed by atoms with van der Waals surface area (Å²) in [6.07, 6.45) is 0.401. The van der Waals surface area contributed by atoms with E-state index in [2.05, 4.69) is 15.9 Å². The van der Waals surface area contributed by atoms with Gasteiger partial charge in [0.15, 0.2) is 11.5 Å². The van der Waals surface area contributed by atoms with Crippen LogP contribution in [0.4, 0.5) is 0 Å². The first-order valence-corrected chi connectivity index (χ1v) is 6.22. The molecule has 0 aliphatic rings. The van der Waals surface area contributed by atoms with Gasteiger partial charge in [0.05, 0.1) is 14.2 Å². The Kier molecular flexibility index (Phi) is 5.00. The van der Waals surface area contributed by atoms with E-state index in [4.69, 9.17) is 9.47 Å². The monoisotopic (exact) mass is 300 g/mol. The summed E-state index contributed by atoms with van der Waals surface area (Å²) in [5, 5.41) is 0. The molecule has 0 spiro atoms. The number of methoxy groups -OCH3 is 2. The van der Waals surface area contributed by atoms with Crippen molar-refractivity contribution in [3.63, 3.8) is 0 Å². The standard InChI is InChI=1S/C13H17BrO3/c1-8(2)11(15)5-9-6-12(16-3)13(17-4)7-10(9)14/h6-8H,5H2,1-4H3. The second-order valence-corrected chi connectivity index (χ2v) is 4.95. The lowest BCUT2D eigenvalue weighted by Gasteiger charge is -2.12. The highest BCUT2D eigenvalue weighted by atomic mass is 79.9. The van der Waals surface area contributed by atoms with Crippen molar-refractivity contribution in [2.75, 3.05) is 14.2 Å². The van der Waals surface area contributed by atoms with Gasteiger partial charge in [0.25, 0.3) is 0 Å². The maximum Gasteiger partial charge on any atom is 0.161 e. The van der Waals surface area contributed by atoms with Crippen molar-refractivity contribution in [1.29, 1.82) is 0 Å². The van der Waals surface area contributed by atoms with Crippen molar-refractivity contribution >= 4 is 21.7 Å². The number of rotatable bonds is 5. The van der Waals surface area contributed by atoms with Crippen LogP contribution in [0.1, 0.15) is 19.4 Å². The minimum Gasteiger partial charge on any atom is -0.493 e. The Bertz CT molecular complexity index is 413. The molecule has 1 aromatic rings. The maximum absolute atomic E-state index is 11.7. The van der Waals surface area contributed by atoms with Crippen LogP contribution in [0.25, 0.3) is 0 Å². The normalized spacial score (nSPS) is 10.5. The van der Waals surface area contributed by atoms with Crippen molar-refractivity contribution in [2.24, 2.45) is 5.92 Å². The van der Waals surface area contributed by atoms with Crippen LogP contribution in [-0.2, 0) is 11.2 Å². The van der Waals surface area contributed by atoms with E-state index in [1.54, 1.807) is 14.2 Å². The summed E-state index contributed by atoms with van der Waals surface area (Å²) < 4.78 is 11.3. The Morgan fingerprint density at radius 1 is 1.24 bits per heavy atom. The number of ketones is 1. The molecule has 0 saturated heterocycles. The number of ether oxygens (including phenoxy) is 2. The SMILES string of the molecule is COc1cc(Br)c(CC(=O)C(C)C)cc1OC. The summed E-state index contributed by atoms with van der Waals surface area (Å²) >= 11 is 3.44. The third-order valence-corrected chi connectivity index (χ3v) is 3.30. The molecular weight excluding hydrogens is 284 g/mol. The zero-order valence-corrected chi connectivity index (χ0v) is 12.1. The fourth-order valence-corrected chi connectivity index (χ4v) is 1.89. The maximum atomic E-state index is 11.7. The molecule has 0 aromatic heterocycles. The molecule has 0 bridgehead atoms. The summed E-state index contributed by atoms with van der Waals surface area (Å²) in [5.74, 6) is 1.54. The van der Waals surface area contributed by atoms with Crippen molar-refractivity contribution in [1.82, 2.24) is 0 Å². The van der Waals surface area contributed by atoms with E-state index in [9.17, 15) is 4.79 Å². The van der Waals surface area contributed by atoms with Gasteiger partial charge in [0, 0.05) is 16.8 Å². The first kappa shape index (κ1) is 14.0. The van der Waals surface area contributed by atoms with Crippen LogP contribution in [0, 0.1) is 5.92 Å². The van der Waals surface area contributed by atoms with Gasteiger partial charge in [-0.05, 0) is 17.7 Å². The van der Waals surface area contributed by atoms with Gasteiger partial charge < -0.3 is 9.47 Å². The van der Waals surface area contributed by atoms with Crippen LogP contribution < -0.4 is 9.47 Å². The summed E-state index contributed by atoms with van der Waals surface area (Å²) in [6.45, 7) is 3.80. The topological polar surface area (TPSA) is 35.5 Å². The molecule has 0 radical (unpaired) electrons. The zero-order valence-electron chi connectivity index (χ0n) is 10.5. The first-order chi connectivity index (χ1) is 7.99. The van der Waals surface area contributed by atoms with Crippen LogP contribution in [0.15, 0.2) is 16.6 Å². The van der Waals surface area contributed by atoms with E-state index in [1.807, 2.05) is 26.0 Å². The number of Topliss-reactive ketones (excluding diaryl/α,β-unsaturated/α-hetero) is 1. The summed E-state index contributed by atoms with van der Waals surface area (Å²) in [4.78, 5) is 11.7. The Hall–Kier alpha value is -1.03. The van der Waals surface area contributed by atoms with Crippen LogP contribution in [0.2, 0.25) is 0 Å². The summed E-state index contributed by atoms with van der Waals surface area (Å²) in [7, 11) is 3.17. The van der Waals surface area contributed by atoms with E-state index >= 15 is 0 Å². The number of halogens is 1. The highest BCUT2D eigenvalue weighted by molar-refractivity contribution is 9.10. The number of hydrogen-bond acceptors (Lipinski definition) is 3. The van der Waals surface area contributed by atoms with Crippen LogP contribution >= 0.6 is 15.9 Å². The Balaban J connectivity index is 3.04. The van der Waals surface area contributed by atoms with Crippen molar-refractivity contribution in [3.05, 3.63) is 22.2 Å². The third-order valence-electron chi connectivity index (χ3n) is 2.56. The molecule has 0 aliphatic heterocycles. The molecule has 0 fully saturated rings. The average molecular weight is 301 g/mol. The second-order valence-electron chi connectivity index (χ2n) is 4.10. The van der Waals surface area contributed by atoms with Gasteiger partial charge in [-0.2, -0.15) is 0 Å². The van der Waals surface area contributed by atoms with E-state index < -0.39 is 0 Å². The van der Waals surface area contributed by atoms with Gasteiger partial charge in [-0.1, -0.05) is 29.8 Å². The Labute approximate surface area is 110 Å². The third kappa shape index (κ3) is 3.46. The highest BCUT2D eigenvalue weighted by Gasteiger charge is 2.14. The largest absolute Gasteiger partial charge is 0.493 e. The lowest BCUT2D eigenvalue weighted by Crippen LogP contribution is -2.10. The molecule has 17 heavy (non-hydrogen) atoms. The number of carbonyl (C=O) groups excluding carboxylic acids is 1. The minimum atomic E-state index is 0.0370. The zero-order chi connectivity index (χ0) is 13.0. The highest BCUT2D eigenvalue weighted by Crippen LogP contribution is 2.33. The summed E-state index contributed by atoms with van der Waals surface area (Å²) in [5.41, 5.74) is 0.918. The van der Waals surface area contributed by atoms with Crippen molar-refractivity contribution in [2.45, 2.75) is 20.3 Å². The molecular formula is C13H17BrO3. The molecule has 0 amide bonds. The molecule has 0 saturated carbocycles.